The number of pyridine rings is 1. The second-order valence-corrected chi connectivity index (χ2v) is 4.46. The Hall–Kier alpha value is -1.66. The first kappa shape index (κ1) is 10.5. The van der Waals surface area contributed by atoms with E-state index in [1.54, 1.807) is 17.4 Å². The van der Waals surface area contributed by atoms with E-state index in [0.717, 1.165) is 37.0 Å². The Morgan fingerprint density at radius 2 is 2.18 bits per heavy atom. The van der Waals surface area contributed by atoms with Crippen molar-refractivity contribution >= 4 is 11.0 Å². The van der Waals surface area contributed by atoms with Crippen molar-refractivity contribution in [3.8, 4) is 0 Å². The number of aromatic amines is 1. The summed E-state index contributed by atoms with van der Waals surface area (Å²) < 4.78 is 1.84. The van der Waals surface area contributed by atoms with E-state index in [2.05, 4.69) is 9.97 Å². The van der Waals surface area contributed by atoms with E-state index < -0.39 is 0 Å². The highest BCUT2D eigenvalue weighted by Crippen LogP contribution is 2.22. The van der Waals surface area contributed by atoms with Crippen molar-refractivity contribution in [3.05, 3.63) is 28.9 Å². The molecule has 0 unspecified atom stereocenters. The maximum Gasteiger partial charge on any atom is 0.326 e. The summed E-state index contributed by atoms with van der Waals surface area (Å²) in [6, 6.07) is 2.11. The smallest absolute Gasteiger partial charge is 0.304 e. The van der Waals surface area contributed by atoms with Crippen LogP contribution in [0.5, 0.6) is 0 Å². The summed E-state index contributed by atoms with van der Waals surface area (Å²) >= 11 is 0. The van der Waals surface area contributed by atoms with E-state index in [0.29, 0.717) is 0 Å². The van der Waals surface area contributed by atoms with Crippen molar-refractivity contribution in [2.45, 2.75) is 18.9 Å². The van der Waals surface area contributed by atoms with Crippen LogP contribution in [-0.4, -0.2) is 32.6 Å². The fourth-order valence-corrected chi connectivity index (χ4v) is 2.48. The first-order valence-corrected chi connectivity index (χ1v) is 5.79. The van der Waals surface area contributed by atoms with E-state index in [9.17, 15) is 4.79 Å². The molecular formula is C11H15N5O. The van der Waals surface area contributed by atoms with E-state index >= 15 is 0 Å². The number of rotatable bonds is 1. The molecule has 0 aromatic carbocycles. The Labute approximate surface area is 98.0 Å². The van der Waals surface area contributed by atoms with Crippen LogP contribution in [0.2, 0.25) is 0 Å². The summed E-state index contributed by atoms with van der Waals surface area (Å²) in [6.45, 7) is 1.66. The van der Waals surface area contributed by atoms with Gasteiger partial charge in [0.05, 0.1) is 17.2 Å². The number of hydrogen-bond acceptors (Lipinski definition) is 4. The van der Waals surface area contributed by atoms with Crippen LogP contribution >= 0.6 is 0 Å². The molecule has 1 aliphatic heterocycles. The molecule has 0 spiro atoms. The lowest BCUT2D eigenvalue weighted by molar-refractivity contribution is 0.190. The predicted octanol–water partition coefficient (Wildman–Crippen LogP) is 0.235. The summed E-state index contributed by atoms with van der Waals surface area (Å²) in [5, 5.41) is 1.80. The SMILES string of the molecule is NN1CCC(n2c(=O)[nH]c3cnccc32)CC1. The van der Waals surface area contributed by atoms with Gasteiger partial charge in [0, 0.05) is 25.3 Å². The third kappa shape index (κ3) is 1.75. The topological polar surface area (TPSA) is 79.9 Å². The number of nitrogens with one attached hydrogen (secondary N) is 1. The fourth-order valence-electron chi connectivity index (χ4n) is 2.48. The van der Waals surface area contributed by atoms with Crippen LogP contribution < -0.4 is 11.5 Å². The Kier molecular flexibility index (Phi) is 2.45. The minimum atomic E-state index is -0.0523. The van der Waals surface area contributed by atoms with Crippen molar-refractivity contribution in [3.63, 3.8) is 0 Å². The normalized spacial score (nSPS) is 18.9. The summed E-state index contributed by atoms with van der Waals surface area (Å²) in [5.41, 5.74) is 1.68. The molecule has 0 radical (unpaired) electrons. The molecule has 1 fully saturated rings. The third-order valence-electron chi connectivity index (χ3n) is 3.38. The number of hydrazine groups is 1. The van der Waals surface area contributed by atoms with E-state index in [4.69, 9.17) is 5.84 Å². The molecule has 3 N–H and O–H groups in total. The number of nitrogens with two attached hydrogens (primary N) is 1. The average Bonchev–Trinajstić information content (AvgIpc) is 2.66. The molecular weight excluding hydrogens is 218 g/mol. The standard InChI is InChI=1S/C11H15N5O/c12-15-5-2-8(3-6-15)16-10-1-4-13-7-9(10)14-11(16)17/h1,4,7-8H,2-3,5-6,12H2,(H,14,17). The van der Waals surface area contributed by atoms with Crippen LogP contribution in [0.4, 0.5) is 0 Å². The number of piperidine rings is 1. The highest BCUT2D eigenvalue weighted by atomic mass is 16.1. The average molecular weight is 233 g/mol. The van der Waals surface area contributed by atoms with E-state index in [-0.39, 0.29) is 11.7 Å². The molecule has 0 aliphatic carbocycles. The highest BCUT2D eigenvalue weighted by Gasteiger charge is 2.21. The largest absolute Gasteiger partial charge is 0.326 e. The maximum absolute atomic E-state index is 12.0. The lowest BCUT2D eigenvalue weighted by Crippen LogP contribution is -2.40. The molecule has 6 nitrogen and oxygen atoms in total. The molecule has 3 heterocycles. The summed E-state index contributed by atoms with van der Waals surface area (Å²) in [4.78, 5) is 18.8. The van der Waals surface area contributed by atoms with Crippen LogP contribution in [0, 0.1) is 0 Å². The Balaban J connectivity index is 2.05. The van der Waals surface area contributed by atoms with Crippen molar-refractivity contribution in [2.75, 3.05) is 13.1 Å². The van der Waals surface area contributed by atoms with Gasteiger partial charge in [0.1, 0.15) is 0 Å². The highest BCUT2D eigenvalue weighted by molar-refractivity contribution is 5.73. The Morgan fingerprint density at radius 3 is 2.94 bits per heavy atom. The van der Waals surface area contributed by atoms with Crippen LogP contribution in [0.15, 0.2) is 23.3 Å². The second-order valence-electron chi connectivity index (χ2n) is 4.46. The fraction of sp³-hybridized carbons (Fsp3) is 0.455. The molecule has 1 saturated heterocycles. The van der Waals surface area contributed by atoms with Gasteiger partial charge in [-0.05, 0) is 18.9 Å². The molecule has 0 saturated carbocycles. The molecule has 3 rings (SSSR count). The van der Waals surface area contributed by atoms with Crippen LogP contribution in [0.25, 0.3) is 11.0 Å². The molecule has 0 atom stereocenters. The Morgan fingerprint density at radius 1 is 1.41 bits per heavy atom. The molecule has 2 aromatic heterocycles. The maximum atomic E-state index is 12.0. The van der Waals surface area contributed by atoms with Gasteiger partial charge >= 0.3 is 5.69 Å². The van der Waals surface area contributed by atoms with Crippen molar-refractivity contribution in [1.82, 2.24) is 19.5 Å². The summed E-state index contributed by atoms with van der Waals surface area (Å²) in [5.74, 6) is 5.73. The van der Waals surface area contributed by atoms with Crippen molar-refractivity contribution in [2.24, 2.45) is 5.84 Å². The molecule has 17 heavy (non-hydrogen) atoms. The minimum Gasteiger partial charge on any atom is -0.304 e. The number of aromatic nitrogens is 3. The quantitative estimate of drug-likeness (QED) is 0.691. The molecule has 2 aromatic rings. The molecule has 6 heteroatoms. The second kappa shape index (κ2) is 3.97. The summed E-state index contributed by atoms with van der Waals surface area (Å²) in [7, 11) is 0. The monoisotopic (exact) mass is 233 g/mol. The van der Waals surface area contributed by atoms with Crippen LogP contribution in [-0.2, 0) is 0 Å². The summed E-state index contributed by atoms with van der Waals surface area (Å²) in [6.07, 6.45) is 5.22. The zero-order valence-electron chi connectivity index (χ0n) is 9.47. The lowest BCUT2D eigenvalue weighted by Gasteiger charge is -2.29. The minimum absolute atomic E-state index is 0.0523. The zero-order valence-corrected chi connectivity index (χ0v) is 9.47. The Bertz CT molecular complexity index is 579. The number of nitrogens with zero attached hydrogens (tertiary/aromatic N) is 3. The van der Waals surface area contributed by atoms with Gasteiger partial charge in [-0.25, -0.2) is 9.80 Å². The van der Waals surface area contributed by atoms with Crippen LogP contribution in [0.3, 0.4) is 0 Å². The van der Waals surface area contributed by atoms with Gasteiger partial charge in [-0.2, -0.15) is 0 Å². The van der Waals surface area contributed by atoms with E-state index in [1.165, 1.54) is 0 Å². The van der Waals surface area contributed by atoms with Crippen molar-refractivity contribution in [1.29, 1.82) is 0 Å². The number of imidazole rings is 1. The third-order valence-corrected chi connectivity index (χ3v) is 3.38. The van der Waals surface area contributed by atoms with E-state index in [1.807, 2.05) is 10.6 Å². The molecule has 0 bridgehead atoms. The number of fused-ring (bicyclic) bond motifs is 1. The first-order valence-electron chi connectivity index (χ1n) is 5.79. The number of H-pyrrole nitrogens is 1. The van der Waals surface area contributed by atoms with Crippen molar-refractivity contribution < 1.29 is 0 Å². The molecule has 90 valence electrons. The molecule has 0 amide bonds. The van der Waals surface area contributed by atoms with Crippen LogP contribution in [0.1, 0.15) is 18.9 Å². The van der Waals surface area contributed by atoms with Gasteiger partial charge in [0.25, 0.3) is 0 Å². The van der Waals surface area contributed by atoms with Gasteiger partial charge in [0.2, 0.25) is 0 Å². The van der Waals surface area contributed by atoms with Gasteiger partial charge in [-0.1, -0.05) is 0 Å². The predicted molar refractivity (Wildman–Crippen MR) is 64.4 cm³/mol. The molecule has 1 aliphatic rings. The van der Waals surface area contributed by atoms with Gasteiger partial charge in [-0.15, -0.1) is 0 Å². The van der Waals surface area contributed by atoms with Gasteiger partial charge in [-0.3, -0.25) is 15.4 Å². The lowest BCUT2D eigenvalue weighted by atomic mass is 10.1. The van der Waals surface area contributed by atoms with Gasteiger partial charge in [0.15, 0.2) is 0 Å². The van der Waals surface area contributed by atoms with Gasteiger partial charge < -0.3 is 4.98 Å². The first-order chi connectivity index (χ1) is 8.25. The number of hydrogen-bond donors (Lipinski definition) is 2. The zero-order chi connectivity index (χ0) is 11.8.